The Kier molecular flexibility index (Phi) is 6.80. The third-order valence-corrected chi connectivity index (χ3v) is 3.77. The Labute approximate surface area is 130 Å². The molecule has 0 amide bonds. The van der Waals surface area contributed by atoms with Gasteiger partial charge < -0.3 is 14.2 Å². The molecule has 4 nitrogen and oxygen atoms in total. The van der Waals surface area contributed by atoms with Crippen molar-refractivity contribution in [3.05, 3.63) is 35.6 Å². The molecule has 0 aliphatic carbocycles. The molecule has 1 aromatic rings. The summed E-state index contributed by atoms with van der Waals surface area (Å²) >= 11 is 0. The number of carbonyl (C=O) groups is 1. The lowest BCUT2D eigenvalue weighted by molar-refractivity contribution is -0.191. The van der Waals surface area contributed by atoms with Crippen LogP contribution in [0.3, 0.4) is 0 Å². The first kappa shape index (κ1) is 16.9. The maximum Gasteiger partial charge on any atom is 0.305 e. The average Bonchev–Trinajstić information content (AvgIpc) is 2.55. The summed E-state index contributed by atoms with van der Waals surface area (Å²) in [4.78, 5) is 11.2. The quantitative estimate of drug-likeness (QED) is 0.719. The number of hydrogen-bond acceptors (Lipinski definition) is 4. The van der Waals surface area contributed by atoms with E-state index in [1.54, 1.807) is 12.1 Å². The van der Waals surface area contributed by atoms with Gasteiger partial charge in [-0.3, -0.25) is 4.79 Å². The molecule has 0 bridgehead atoms. The van der Waals surface area contributed by atoms with Gasteiger partial charge in [-0.15, -0.1) is 0 Å². The van der Waals surface area contributed by atoms with Crippen LogP contribution in [0.2, 0.25) is 0 Å². The normalized spacial score (nSPS) is 19.6. The van der Waals surface area contributed by atoms with Crippen molar-refractivity contribution in [3.8, 4) is 0 Å². The number of methoxy groups -OCH3 is 1. The molecule has 0 spiro atoms. The van der Waals surface area contributed by atoms with E-state index < -0.39 is 0 Å². The Hall–Kier alpha value is -1.46. The standard InChI is InChI=1S/C17H23FO4/c1-20-16(19)6-4-5-15(13-8-10-14(18)11-9-13)22-17-7-2-3-12-21-17/h8-11,15,17H,2-7,12H2,1H3/t15-,17?/m0/s1. The van der Waals surface area contributed by atoms with Gasteiger partial charge in [-0.2, -0.15) is 0 Å². The molecule has 0 aromatic heterocycles. The molecule has 1 aliphatic heterocycles. The highest BCUT2D eigenvalue weighted by atomic mass is 19.1. The van der Waals surface area contributed by atoms with E-state index in [4.69, 9.17) is 9.47 Å². The molecule has 2 atom stereocenters. The van der Waals surface area contributed by atoms with E-state index in [2.05, 4.69) is 4.74 Å². The van der Waals surface area contributed by atoms with Crippen LogP contribution in [0.25, 0.3) is 0 Å². The molecule has 1 fully saturated rings. The molecule has 22 heavy (non-hydrogen) atoms. The van der Waals surface area contributed by atoms with Crippen LogP contribution < -0.4 is 0 Å². The van der Waals surface area contributed by atoms with Crippen LogP contribution >= 0.6 is 0 Å². The van der Waals surface area contributed by atoms with E-state index >= 15 is 0 Å². The lowest BCUT2D eigenvalue weighted by Crippen LogP contribution is -2.24. The van der Waals surface area contributed by atoms with Gasteiger partial charge in [0.1, 0.15) is 5.82 Å². The van der Waals surface area contributed by atoms with Crippen LogP contribution in [-0.4, -0.2) is 26.0 Å². The highest BCUT2D eigenvalue weighted by Crippen LogP contribution is 2.28. The Morgan fingerprint density at radius 3 is 2.77 bits per heavy atom. The van der Waals surface area contributed by atoms with Crippen molar-refractivity contribution in [2.24, 2.45) is 0 Å². The molecule has 2 rings (SSSR count). The number of hydrogen-bond donors (Lipinski definition) is 0. The van der Waals surface area contributed by atoms with Crippen LogP contribution in [0.15, 0.2) is 24.3 Å². The lowest BCUT2D eigenvalue weighted by Gasteiger charge is -2.28. The third kappa shape index (κ3) is 5.39. The van der Waals surface area contributed by atoms with Gasteiger partial charge in [0.25, 0.3) is 0 Å². The molecule has 1 saturated heterocycles. The maximum atomic E-state index is 13.1. The molecule has 1 aliphatic rings. The summed E-state index contributed by atoms with van der Waals surface area (Å²) in [5, 5.41) is 0. The minimum Gasteiger partial charge on any atom is -0.469 e. The van der Waals surface area contributed by atoms with Gasteiger partial charge >= 0.3 is 5.97 Å². The van der Waals surface area contributed by atoms with Gasteiger partial charge in [0.2, 0.25) is 0 Å². The molecule has 0 saturated carbocycles. The highest BCUT2D eigenvalue weighted by molar-refractivity contribution is 5.68. The molecule has 122 valence electrons. The number of ether oxygens (including phenoxy) is 3. The van der Waals surface area contributed by atoms with Crippen molar-refractivity contribution in [2.75, 3.05) is 13.7 Å². The van der Waals surface area contributed by atoms with Gasteiger partial charge in [-0.1, -0.05) is 12.1 Å². The van der Waals surface area contributed by atoms with Crippen LogP contribution in [-0.2, 0) is 19.0 Å². The molecule has 0 radical (unpaired) electrons. The van der Waals surface area contributed by atoms with Gasteiger partial charge in [-0.05, 0) is 49.8 Å². The fourth-order valence-corrected chi connectivity index (χ4v) is 2.53. The summed E-state index contributed by atoms with van der Waals surface area (Å²) < 4.78 is 29.4. The third-order valence-electron chi connectivity index (χ3n) is 3.77. The molecular formula is C17H23FO4. The predicted molar refractivity (Wildman–Crippen MR) is 79.7 cm³/mol. The number of esters is 1. The Bertz CT molecular complexity index is 454. The second-order valence-corrected chi connectivity index (χ2v) is 5.44. The highest BCUT2D eigenvalue weighted by Gasteiger charge is 2.21. The summed E-state index contributed by atoms with van der Waals surface area (Å²) in [6.45, 7) is 0.711. The number of carbonyl (C=O) groups excluding carboxylic acids is 1. The smallest absolute Gasteiger partial charge is 0.305 e. The molecule has 1 aromatic carbocycles. The van der Waals surface area contributed by atoms with E-state index in [1.807, 2.05) is 0 Å². The van der Waals surface area contributed by atoms with Crippen molar-refractivity contribution >= 4 is 5.97 Å². The first-order valence-corrected chi connectivity index (χ1v) is 7.78. The minimum atomic E-state index is -0.272. The monoisotopic (exact) mass is 310 g/mol. The topological polar surface area (TPSA) is 44.8 Å². The number of benzene rings is 1. The Morgan fingerprint density at radius 1 is 1.36 bits per heavy atom. The fraction of sp³-hybridized carbons (Fsp3) is 0.588. The Balaban J connectivity index is 1.96. The van der Waals surface area contributed by atoms with E-state index in [9.17, 15) is 9.18 Å². The zero-order valence-electron chi connectivity index (χ0n) is 12.9. The van der Waals surface area contributed by atoms with Gasteiger partial charge in [-0.25, -0.2) is 4.39 Å². The molecule has 5 heteroatoms. The first-order chi connectivity index (χ1) is 10.7. The lowest BCUT2D eigenvalue weighted by atomic mass is 10.0. The maximum absolute atomic E-state index is 13.1. The fourth-order valence-electron chi connectivity index (χ4n) is 2.53. The van der Waals surface area contributed by atoms with Crippen LogP contribution in [0.1, 0.15) is 50.2 Å². The van der Waals surface area contributed by atoms with Crippen molar-refractivity contribution in [1.82, 2.24) is 0 Å². The summed E-state index contributed by atoms with van der Waals surface area (Å²) in [5.74, 6) is -0.502. The van der Waals surface area contributed by atoms with Gasteiger partial charge in [0.05, 0.1) is 13.2 Å². The van der Waals surface area contributed by atoms with Crippen molar-refractivity contribution in [3.63, 3.8) is 0 Å². The Morgan fingerprint density at radius 2 is 2.14 bits per heavy atom. The predicted octanol–water partition coefficient (Wildman–Crippen LogP) is 3.75. The largest absolute Gasteiger partial charge is 0.469 e. The summed E-state index contributed by atoms with van der Waals surface area (Å²) in [6.07, 6.45) is 4.27. The van der Waals surface area contributed by atoms with E-state index in [1.165, 1.54) is 19.2 Å². The van der Waals surface area contributed by atoms with E-state index in [0.717, 1.165) is 24.8 Å². The summed E-state index contributed by atoms with van der Waals surface area (Å²) in [6, 6.07) is 6.30. The second-order valence-electron chi connectivity index (χ2n) is 5.44. The van der Waals surface area contributed by atoms with Crippen molar-refractivity contribution in [1.29, 1.82) is 0 Å². The average molecular weight is 310 g/mol. The zero-order valence-corrected chi connectivity index (χ0v) is 12.9. The molecule has 1 unspecified atom stereocenters. The molecule has 0 N–H and O–H groups in total. The van der Waals surface area contributed by atoms with Crippen LogP contribution in [0, 0.1) is 5.82 Å². The minimum absolute atomic E-state index is 0.201. The molecular weight excluding hydrogens is 287 g/mol. The summed E-state index contributed by atoms with van der Waals surface area (Å²) in [7, 11) is 1.38. The second kappa shape index (κ2) is 8.86. The van der Waals surface area contributed by atoms with Crippen LogP contribution in [0.4, 0.5) is 4.39 Å². The summed E-state index contributed by atoms with van der Waals surface area (Å²) in [5.41, 5.74) is 0.903. The van der Waals surface area contributed by atoms with Crippen LogP contribution in [0.5, 0.6) is 0 Å². The van der Waals surface area contributed by atoms with Gasteiger partial charge in [0, 0.05) is 13.0 Å². The zero-order chi connectivity index (χ0) is 15.8. The van der Waals surface area contributed by atoms with E-state index in [0.29, 0.717) is 25.9 Å². The van der Waals surface area contributed by atoms with Crippen molar-refractivity contribution in [2.45, 2.75) is 50.9 Å². The van der Waals surface area contributed by atoms with Crippen molar-refractivity contribution < 1.29 is 23.4 Å². The van der Waals surface area contributed by atoms with E-state index in [-0.39, 0.29) is 24.2 Å². The van der Waals surface area contributed by atoms with Gasteiger partial charge in [0.15, 0.2) is 6.29 Å². The molecule has 1 heterocycles. The SMILES string of the molecule is COC(=O)CCC[C@H](OC1CCCCO1)c1ccc(F)cc1. The number of halogens is 1. The first-order valence-electron chi connectivity index (χ1n) is 7.78. The number of rotatable bonds is 7.